The average Bonchev–Trinajstić information content (AvgIpc) is 2.64. The number of aromatic hydroxyl groups is 1. The van der Waals surface area contributed by atoms with E-state index >= 15 is 0 Å². The summed E-state index contributed by atoms with van der Waals surface area (Å²) in [6.07, 6.45) is 0.820. The quantitative estimate of drug-likeness (QED) is 0.858. The van der Waals surface area contributed by atoms with Gasteiger partial charge >= 0.3 is 6.09 Å². The van der Waals surface area contributed by atoms with Crippen LogP contribution in [0, 0.1) is 0 Å². The maximum Gasteiger partial charge on any atom is 0.419 e. The van der Waals surface area contributed by atoms with Crippen LogP contribution in [-0.2, 0) is 4.74 Å². The largest absolute Gasteiger partial charge is 0.506 e. The van der Waals surface area contributed by atoms with Gasteiger partial charge in [0.05, 0.1) is 18.8 Å². The second-order valence-electron chi connectivity index (χ2n) is 5.25. The molecular weight excluding hydrogens is 246 g/mol. The van der Waals surface area contributed by atoms with Gasteiger partial charge in [0, 0.05) is 5.39 Å². The van der Waals surface area contributed by atoms with Gasteiger partial charge < -0.3 is 14.6 Å². The van der Waals surface area contributed by atoms with Crippen LogP contribution in [0.1, 0.15) is 20.8 Å². The van der Waals surface area contributed by atoms with Crippen molar-refractivity contribution >= 4 is 17.0 Å². The number of benzene rings is 1. The maximum atomic E-state index is 12.0. The molecule has 2 aromatic rings. The van der Waals surface area contributed by atoms with Gasteiger partial charge in [0.2, 0.25) is 0 Å². The summed E-state index contributed by atoms with van der Waals surface area (Å²) < 4.78 is 11.7. The number of aromatic nitrogens is 1. The molecule has 19 heavy (non-hydrogen) atoms. The topological polar surface area (TPSA) is 60.7 Å². The van der Waals surface area contributed by atoms with Gasteiger partial charge in [-0.05, 0) is 39.0 Å². The lowest BCUT2D eigenvalue weighted by atomic mass is 10.2. The Labute approximate surface area is 111 Å². The number of ether oxygens (including phenoxy) is 2. The van der Waals surface area contributed by atoms with Gasteiger partial charge in [-0.15, -0.1) is 0 Å². The van der Waals surface area contributed by atoms with E-state index in [0.717, 1.165) is 0 Å². The van der Waals surface area contributed by atoms with Crippen LogP contribution in [0.4, 0.5) is 4.79 Å². The predicted molar refractivity (Wildman–Crippen MR) is 71.8 cm³/mol. The smallest absolute Gasteiger partial charge is 0.419 e. The van der Waals surface area contributed by atoms with Crippen LogP contribution in [0.5, 0.6) is 11.5 Å². The number of hydrogen-bond donors (Lipinski definition) is 1. The third-order valence-corrected chi connectivity index (χ3v) is 2.58. The molecule has 102 valence electrons. The number of hydrogen-bond acceptors (Lipinski definition) is 4. The molecule has 0 atom stereocenters. The third-order valence-electron chi connectivity index (χ3n) is 2.58. The molecule has 0 saturated heterocycles. The van der Waals surface area contributed by atoms with Crippen LogP contribution in [0.15, 0.2) is 24.4 Å². The van der Waals surface area contributed by atoms with E-state index in [1.807, 2.05) is 0 Å². The first-order valence-corrected chi connectivity index (χ1v) is 5.93. The number of carbonyl (C=O) groups is 1. The zero-order valence-electron chi connectivity index (χ0n) is 11.4. The molecule has 0 saturated carbocycles. The summed E-state index contributed by atoms with van der Waals surface area (Å²) in [5.74, 6) is 0.629. The highest BCUT2D eigenvalue weighted by Gasteiger charge is 2.20. The van der Waals surface area contributed by atoms with Crippen LogP contribution in [0.2, 0.25) is 0 Å². The Balaban J connectivity index is 2.48. The van der Waals surface area contributed by atoms with Crippen molar-refractivity contribution < 1.29 is 19.4 Å². The highest BCUT2D eigenvalue weighted by molar-refractivity contribution is 5.94. The Kier molecular flexibility index (Phi) is 3.14. The molecule has 0 aliphatic heterocycles. The van der Waals surface area contributed by atoms with E-state index in [1.165, 1.54) is 10.8 Å². The second kappa shape index (κ2) is 4.50. The van der Waals surface area contributed by atoms with E-state index in [-0.39, 0.29) is 5.75 Å². The molecule has 0 radical (unpaired) electrons. The lowest BCUT2D eigenvalue weighted by molar-refractivity contribution is 0.0543. The minimum atomic E-state index is -0.588. The molecule has 1 aromatic heterocycles. The fourth-order valence-electron chi connectivity index (χ4n) is 1.78. The summed E-state index contributed by atoms with van der Waals surface area (Å²) in [7, 11) is 1.54. The first-order chi connectivity index (χ1) is 8.81. The minimum Gasteiger partial charge on any atom is -0.506 e. The number of rotatable bonds is 1. The van der Waals surface area contributed by atoms with E-state index in [1.54, 1.807) is 46.1 Å². The van der Waals surface area contributed by atoms with Crippen LogP contribution in [0.3, 0.4) is 0 Å². The highest BCUT2D eigenvalue weighted by Crippen LogP contribution is 2.30. The van der Waals surface area contributed by atoms with Gasteiger partial charge in [0.25, 0.3) is 0 Å². The van der Waals surface area contributed by atoms with Crippen molar-refractivity contribution in [2.24, 2.45) is 0 Å². The molecular formula is C14H17NO4. The van der Waals surface area contributed by atoms with Crippen LogP contribution >= 0.6 is 0 Å². The fourth-order valence-corrected chi connectivity index (χ4v) is 1.78. The third kappa shape index (κ3) is 2.65. The fraction of sp³-hybridized carbons (Fsp3) is 0.357. The minimum absolute atomic E-state index is 0.0137. The van der Waals surface area contributed by atoms with Gasteiger partial charge in [0.15, 0.2) is 0 Å². The SMILES string of the molecule is COc1ccc2c(c1)c(O)cn2C(=O)OC(C)(C)C. The zero-order valence-corrected chi connectivity index (χ0v) is 11.4. The average molecular weight is 263 g/mol. The molecule has 0 aliphatic rings. The monoisotopic (exact) mass is 263 g/mol. The summed E-state index contributed by atoms with van der Waals surface area (Å²) in [4.78, 5) is 12.0. The van der Waals surface area contributed by atoms with Crippen LogP contribution < -0.4 is 4.74 Å². The lowest BCUT2D eigenvalue weighted by Crippen LogP contribution is -2.26. The Morgan fingerprint density at radius 2 is 2.00 bits per heavy atom. The highest BCUT2D eigenvalue weighted by atomic mass is 16.6. The zero-order chi connectivity index (χ0) is 14.2. The molecule has 5 heteroatoms. The summed E-state index contributed by atoms with van der Waals surface area (Å²) in [6.45, 7) is 5.37. The van der Waals surface area contributed by atoms with Crippen molar-refractivity contribution in [3.8, 4) is 11.5 Å². The van der Waals surface area contributed by atoms with Crippen LogP contribution in [0.25, 0.3) is 10.9 Å². The first kappa shape index (κ1) is 13.3. The van der Waals surface area contributed by atoms with Crippen molar-refractivity contribution in [1.29, 1.82) is 0 Å². The van der Waals surface area contributed by atoms with Gasteiger partial charge in [0.1, 0.15) is 17.1 Å². The van der Waals surface area contributed by atoms with E-state index in [4.69, 9.17) is 9.47 Å². The van der Waals surface area contributed by atoms with Gasteiger partial charge in [-0.25, -0.2) is 9.36 Å². The van der Waals surface area contributed by atoms with Gasteiger partial charge in [-0.2, -0.15) is 0 Å². The Morgan fingerprint density at radius 3 is 2.58 bits per heavy atom. The summed E-state index contributed by atoms with van der Waals surface area (Å²) >= 11 is 0. The van der Waals surface area contributed by atoms with E-state index < -0.39 is 11.7 Å². The van der Waals surface area contributed by atoms with E-state index in [9.17, 15) is 9.90 Å². The number of methoxy groups -OCH3 is 1. The van der Waals surface area contributed by atoms with Gasteiger partial charge in [-0.3, -0.25) is 0 Å². The van der Waals surface area contributed by atoms with Crippen molar-refractivity contribution in [1.82, 2.24) is 4.57 Å². The number of nitrogens with zero attached hydrogens (tertiary/aromatic N) is 1. The molecule has 0 amide bonds. The molecule has 2 rings (SSSR count). The van der Waals surface area contributed by atoms with Crippen molar-refractivity contribution in [3.63, 3.8) is 0 Å². The molecule has 1 aromatic carbocycles. The molecule has 1 heterocycles. The second-order valence-corrected chi connectivity index (χ2v) is 5.25. The Hall–Kier alpha value is -2.17. The molecule has 0 fully saturated rings. The van der Waals surface area contributed by atoms with E-state index in [2.05, 4.69) is 0 Å². The lowest BCUT2D eigenvalue weighted by Gasteiger charge is -2.19. The normalized spacial score (nSPS) is 11.6. The van der Waals surface area contributed by atoms with Crippen molar-refractivity contribution in [2.45, 2.75) is 26.4 Å². The summed E-state index contributed by atoms with van der Waals surface area (Å²) in [5.41, 5.74) is -0.0111. The maximum absolute atomic E-state index is 12.0. The standard InChI is InChI=1S/C14H17NO4/c1-14(2,3)19-13(17)15-8-12(16)10-7-9(18-4)5-6-11(10)15/h5-8,16H,1-4H3. The first-order valence-electron chi connectivity index (χ1n) is 5.93. The number of fused-ring (bicyclic) bond motifs is 1. The van der Waals surface area contributed by atoms with E-state index in [0.29, 0.717) is 16.7 Å². The van der Waals surface area contributed by atoms with Gasteiger partial charge in [-0.1, -0.05) is 0 Å². The molecule has 0 unspecified atom stereocenters. The molecule has 0 aliphatic carbocycles. The Bertz CT molecular complexity index is 622. The summed E-state index contributed by atoms with van der Waals surface area (Å²) in [5, 5.41) is 10.4. The molecule has 0 bridgehead atoms. The van der Waals surface area contributed by atoms with Crippen molar-refractivity contribution in [2.75, 3.05) is 7.11 Å². The van der Waals surface area contributed by atoms with Crippen LogP contribution in [-0.4, -0.2) is 28.5 Å². The Morgan fingerprint density at radius 1 is 1.32 bits per heavy atom. The molecule has 5 nitrogen and oxygen atoms in total. The van der Waals surface area contributed by atoms with Crippen molar-refractivity contribution in [3.05, 3.63) is 24.4 Å². The molecule has 0 spiro atoms. The predicted octanol–water partition coefficient (Wildman–Crippen LogP) is 3.14. The number of carbonyl (C=O) groups excluding carboxylic acids is 1. The molecule has 1 N–H and O–H groups in total. The summed E-state index contributed by atoms with van der Waals surface area (Å²) in [6, 6.07) is 5.10.